The first-order chi connectivity index (χ1) is 13.0. The Balaban J connectivity index is 1.96. The van der Waals surface area contributed by atoms with Crippen molar-refractivity contribution in [2.45, 2.75) is 32.4 Å². The Hall–Kier alpha value is -2.48. The standard InChI is InChI=1S/C19H26FN3O4/c1-3-16(17(24)21-9-4-12-27-2)23-11-10-22(18(25)19(23)26)13-14-5-7-15(20)8-6-14/h5-8,16H,3-4,9-13H2,1-2H3,(H,21,24)/t16-/m0/s1. The number of hydrogen-bond acceptors (Lipinski definition) is 4. The molecule has 0 bridgehead atoms. The van der Waals surface area contributed by atoms with Crippen molar-refractivity contribution in [3.8, 4) is 0 Å². The lowest BCUT2D eigenvalue weighted by molar-refractivity contribution is -0.159. The smallest absolute Gasteiger partial charge is 0.312 e. The lowest BCUT2D eigenvalue weighted by atomic mass is 10.1. The van der Waals surface area contributed by atoms with Gasteiger partial charge in [0.05, 0.1) is 0 Å². The molecule has 0 saturated carbocycles. The molecule has 1 heterocycles. The van der Waals surface area contributed by atoms with Crippen LogP contribution in [0.4, 0.5) is 4.39 Å². The van der Waals surface area contributed by atoms with Crippen LogP contribution in [0, 0.1) is 5.82 Å². The zero-order chi connectivity index (χ0) is 19.8. The Morgan fingerprint density at radius 2 is 1.93 bits per heavy atom. The number of halogens is 1. The summed E-state index contributed by atoms with van der Waals surface area (Å²) in [6.45, 7) is 3.65. The van der Waals surface area contributed by atoms with Crippen LogP contribution >= 0.6 is 0 Å². The van der Waals surface area contributed by atoms with E-state index in [1.54, 1.807) is 19.2 Å². The lowest BCUT2D eigenvalue weighted by Gasteiger charge is -2.37. The van der Waals surface area contributed by atoms with Crippen LogP contribution in [0.25, 0.3) is 0 Å². The highest BCUT2D eigenvalue weighted by Crippen LogP contribution is 2.15. The highest BCUT2D eigenvalue weighted by molar-refractivity contribution is 6.35. The molecule has 0 radical (unpaired) electrons. The summed E-state index contributed by atoms with van der Waals surface area (Å²) >= 11 is 0. The van der Waals surface area contributed by atoms with Gasteiger partial charge in [0.25, 0.3) is 0 Å². The number of benzene rings is 1. The van der Waals surface area contributed by atoms with Gasteiger partial charge in [0, 0.05) is 39.9 Å². The van der Waals surface area contributed by atoms with Gasteiger partial charge in [-0.3, -0.25) is 14.4 Å². The van der Waals surface area contributed by atoms with E-state index in [1.165, 1.54) is 21.9 Å². The van der Waals surface area contributed by atoms with E-state index >= 15 is 0 Å². The highest BCUT2D eigenvalue weighted by Gasteiger charge is 2.38. The maximum absolute atomic E-state index is 13.0. The molecule has 0 unspecified atom stereocenters. The van der Waals surface area contributed by atoms with E-state index in [0.717, 1.165) is 5.56 Å². The molecule has 8 heteroatoms. The van der Waals surface area contributed by atoms with E-state index < -0.39 is 17.9 Å². The summed E-state index contributed by atoms with van der Waals surface area (Å²) in [6.07, 6.45) is 1.10. The SMILES string of the molecule is CC[C@@H](C(=O)NCCCOC)N1CCN(Cc2ccc(F)cc2)C(=O)C1=O. The first-order valence-electron chi connectivity index (χ1n) is 9.08. The lowest BCUT2D eigenvalue weighted by Crippen LogP contribution is -2.60. The van der Waals surface area contributed by atoms with Crippen molar-refractivity contribution >= 4 is 17.7 Å². The topological polar surface area (TPSA) is 79.0 Å². The number of amides is 3. The summed E-state index contributed by atoms with van der Waals surface area (Å²) < 4.78 is 17.9. The zero-order valence-electron chi connectivity index (χ0n) is 15.7. The van der Waals surface area contributed by atoms with Gasteiger partial charge in [-0.1, -0.05) is 19.1 Å². The summed E-state index contributed by atoms with van der Waals surface area (Å²) in [5.74, 6) is -1.94. The predicted octanol–water partition coefficient (Wildman–Crippen LogP) is 0.928. The normalized spacial score (nSPS) is 15.8. The molecule has 1 aromatic rings. The zero-order valence-corrected chi connectivity index (χ0v) is 15.7. The number of nitrogens with one attached hydrogen (secondary N) is 1. The molecule has 1 saturated heterocycles. The first kappa shape index (κ1) is 20.8. The van der Waals surface area contributed by atoms with Crippen LogP contribution in [0.3, 0.4) is 0 Å². The molecule has 0 aliphatic carbocycles. The molecule has 3 amide bonds. The second kappa shape index (κ2) is 10.0. The molecule has 0 spiro atoms. The van der Waals surface area contributed by atoms with Crippen LogP contribution < -0.4 is 5.32 Å². The summed E-state index contributed by atoms with van der Waals surface area (Å²) in [4.78, 5) is 40.2. The van der Waals surface area contributed by atoms with E-state index in [-0.39, 0.29) is 24.8 Å². The number of ether oxygens (including phenoxy) is 1. The minimum absolute atomic E-state index is 0.235. The van der Waals surface area contributed by atoms with Gasteiger partial charge in [0.1, 0.15) is 11.9 Å². The molecular formula is C19H26FN3O4. The molecule has 1 aromatic carbocycles. The van der Waals surface area contributed by atoms with Crippen LogP contribution in [0.1, 0.15) is 25.3 Å². The monoisotopic (exact) mass is 379 g/mol. The van der Waals surface area contributed by atoms with E-state index in [4.69, 9.17) is 4.74 Å². The summed E-state index contributed by atoms with van der Waals surface area (Å²) in [7, 11) is 1.59. The summed E-state index contributed by atoms with van der Waals surface area (Å²) in [6, 6.07) is 5.14. The van der Waals surface area contributed by atoms with Crippen molar-refractivity contribution in [3.05, 3.63) is 35.6 Å². The average molecular weight is 379 g/mol. The van der Waals surface area contributed by atoms with Crippen molar-refractivity contribution < 1.29 is 23.5 Å². The predicted molar refractivity (Wildman–Crippen MR) is 97.1 cm³/mol. The molecule has 2 rings (SSSR count). The maximum Gasteiger partial charge on any atom is 0.312 e. The van der Waals surface area contributed by atoms with Crippen LogP contribution in [0.15, 0.2) is 24.3 Å². The second-order valence-corrected chi connectivity index (χ2v) is 6.41. The Morgan fingerprint density at radius 1 is 1.22 bits per heavy atom. The molecule has 148 valence electrons. The van der Waals surface area contributed by atoms with Gasteiger partial charge < -0.3 is 19.9 Å². The Kier molecular flexibility index (Phi) is 7.72. The van der Waals surface area contributed by atoms with Crippen LogP contribution in [-0.2, 0) is 25.7 Å². The minimum Gasteiger partial charge on any atom is -0.385 e. The molecule has 7 nitrogen and oxygen atoms in total. The molecule has 1 fully saturated rings. The molecule has 1 aliphatic heterocycles. The molecule has 1 atom stereocenters. The van der Waals surface area contributed by atoms with Crippen molar-refractivity contribution in [2.24, 2.45) is 0 Å². The van der Waals surface area contributed by atoms with Gasteiger partial charge in [-0.05, 0) is 30.5 Å². The van der Waals surface area contributed by atoms with Gasteiger partial charge in [-0.15, -0.1) is 0 Å². The Bertz CT molecular complexity index is 665. The number of rotatable bonds is 9. The average Bonchev–Trinajstić information content (AvgIpc) is 2.66. The number of piperazine rings is 1. The number of carbonyl (C=O) groups excluding carboxylic acids is 3. The summed E-state index contributed by atoms with van der Waals surface area (Å²) in [5.41, 5.74) is 0.744. The van der Waals surface area contributed by atoms with Crippen molar-refractivity contribution in [1.82, 2.24) is 15.1 Å². The largest absolute Gasteiger partial charge is 0.385 e. The second-order valence-electron chi connectivity index (χ2n) is 6.41. The fourth-order valence-corrected chi connectivity index (χ4v) is 3.04. The van der Waals surface area contributed by atoms with Gasteiger partial charge in [-0.25, -0.2) is 4.39 Å². The maximum atomic E-state index is 13.0. The quantitative estimate of drug-likeness (QED) is 0.511. The van der Waals surface area contributed by atoms with Crippen LogP contribution in [-0.4, -0.2) is 66.9 Å². The van der Waals surface area contributed by atoms with Crippen molar-refractivity contribution in [1.29, 1.82) is 0 Å². The van der Waals surface area contributed by atoms with Crippen LogP contribution in [0.5, 0.6) is 0 Å². The number of hydrogen-bond donors (Lipinski definition) is 1. The molecular weight excluding hydrogens is 353 g/mol. The third kappa shape index (κ3) is 5.50. The highest BCUT2D eigenvalue weighted by atomic mass is 19.1. The Labute approximate surface area is 158 Å². The Morgan fingerprint density at radius 3 is 2.56 bits per heavy atom. The van der Waals surface area contributed by atoms with E-state index in [0.29, 0.717) is 32.5 Å². The summed E-state index contributed by atoms with van der Waals surface area (Å²) in [5, 5.41) is 2.78. The van der Waals surface area contributed by atoms with Crippen molar-refractivity contribution in [3.63, 3.8) is 0 Å². The van der Waals surface area contributed by atoms with E-state index in [1.807, 2.05) is 6.92 Å². The molecule has 27 heavy (non-hydrogen) atoms. The first-order valence-corrected chi connectivity index (χ1v) is 9.08. The minimum atomic E-state index is -0.678. The van der Waals surface area contributed by atoms with Gasteiger partial charge in [0.15, 0.2) is 0 Å². The number of methoxy groups -OCH3 is 1. The third-order valence-electron chi connectivity index (χ3n) is 4.52. The molecule has 0 aromatic heterocycles. The third-order valence-corrected chi connectivity index (χ3v) is 4.52. The van der Waals surface area contributed by atoms with E-state index in [9.17, 15) is 18.8 Å². The molecule has 1 N–H and O–H groups in total. The van der Waals surface area contributed by atoms with Gasteiger partial charge >= 0.3 is 11.8 Å². The van der Waals surface area contributed by atoms with Gasteiger partial charge in [0.2, 0.25) is 5.91 Å². The van der Waals surface area contributed by atoms with Gasteiger partial charge in [-0.2, -0.15) is 0 Å². The van der Waals surface area contributed by atoms with Crippen molar-refractivity contribution in [2.75, 3.05) is 33.4 Å². The van der Waals surface area contributed by atoms with E-state index in [2.05, 4.69) is 5.32 Å². The molecule has 1 aliphatic rings. The van der Waals surface area contributed by atoms with Crippen LogP contribution in [0.2, 0.25) is 0 Å². The fraction of sp³-hybridized carbons (Fsp3) is 0.526. The number of nitrogens with zero attached hydrogens (tertiary/aromatic N) is 2. The number of carbonyl (C=O) groups is 3. The fourth-order valence-electron chi connectivity index (χ4n) is 3.04.